The van der Waals surface area contributed by atoms with E-state index in [0.717, 1.165) is 11.6 Å². The average molecular weight is 361 g/mol. The smallest absolute Gasteiger partial charge is 0.229 e. The maximum Gasteiger partial charge on any atom is 0.229 e. The van der Waals surface area contributed by atoms with E-state index in [0.29, 0.717) is 23.1 Å². The second-order valence-corrected chi connectivity index (χ2v) is 5.88. The molecule has 0 atom stereocenters. The van der Waals surface area contributed by atoms with Crippen molar-refractivity contribution in [2.75, 3.05) is 10.6 Å². The minimum absolute atomic E-state index is 0.107. The molecule has 2 N–H and O–H groups in total. The highest BCUT2D eigenvalue weighted by Gasteiger charge is 2.07. The summed E-state index contributed by atoms with van der Waals surface area (Å²) in [5.41, 5.74) is 1.86. The van der Waals surface area contributed by atoms with E-state index in [2.05, 4.69) is 20.6 Å². The average Bonchev–Trinajstić information content (AvgIpc) is 2.56. The standard InChI is InChI=1S/C18H15ClF2N4/c1-11-8-17(22-10-12-2-4-13(19)5-3-12)25-18(23-11)24-16-7-6-14(20)9-15(16)21/h2-9H,10H2,1H3,(H2,22,23,24,25). The third kappa shape index (κ3) is 4.64. The second-order valence-electron chi connectivity index (χ2n) is 5.45. The molecule has 0 amide bonds. The van der Waals surface area contributed by atoms with Crippen LogP contribution in [0, 0.1) is 18.6 Å². The molecule has 1 aromatic heterocycles. The maximum atomic E-state index is 13.8. The van der Waals surface area contributed by atoms with Gasteiger partial charge in [0.15, 0.2) is 0 Å². The molecule has 128 valence electrons. The van der Waals surface area contributed by atoms with Gasteiger partial charge in [0, 0.05) is 29.4 Å². The Kier molecular flexibility index (Phi) is 5.09. The van der Waals surface area contributed by atoms with Crippen molar-refractivity contribution < 1.29 is 8.78 Å². The predicted octanol–water partition coefficient (Wildman–Crippen LogP) is 5.07. The molecule has 0 unspecified atom stereocenters. The lowest BCUT2D eigenvalue weighted by Gasteiger charge is -2.10. The molecule has 1 heterocycles. The van der Waals surface area contributed by atoms with Crippen LogP contribution in [0.5, 0.6) is 0 Å². The fourth-order valence-corrected chi connectivity index (χ4v) is 2.35. The molecule has 3 rings (SSSR count). The third-order valence-electron chi connectivity index (χ3n) is 3.42. The van der Waals surface area contributed by atoms with Crippen LogP contribution in [-0.4, -0.2) is 9.97 Å². The van der Waals surface area contributed by atoms with Gasteiger partial charge in [-0.05, 0) is 36.8 Å². The Bertz CT molecular complexity index is 885. The van der Waals surface area contributed by atoms with Crippen molar-refractivity contribution in [2.24, 2.45) is 0 Å². The molecule has 3 aromatic rings. The number of aryl methyl sites for hydroxylation is 1. The van der Waals surface area contributed by atoms with Crippen LogP contribution in [0.4, 0.5) is 26.2 Å². The van der Waals surface area contributed by atoms with E-state index >= 15 is 0 Å². The second kappa shape index (κ2) is 7.44. The molecule has 25 heavy (non-hydrogen) atoms. The molecule has 0 saturated carbocycles. The monoisotopic (exact) mass is 360 g/mol. The first-order chi connectivity index (χ1) is 12.0. The van der Waals surface area contributed by atoms with Gasteiger partial charge in [-0.3, -0.25) is 0 Å². The van der Waals surface area contributed by atoms with E-state index in [-0.39, 0.29) is 11.6 Å². The predicted molar refractivity (Wildman–Crippen MR) is 95.2 cm³/mol. The van der Waals surface area contributed by atoms with Gasteiger partial charge in [-0.1, -0.05) is 23.7 Å². The van der Waals surface area contributed by atoms with E-state index in [1.807, 2.05) is 24.3 Å². The summed E-state index contributed by atoms with van der Waals surface area (Å²) in [4.78, 5) is 8.52. The van der Waals surface area contributed by atoms with Gasteiger partial charge in [-0.15, -0.1) is 0 Å². The molecule has 7 heteroatoms. The highest BCUT2D eigenvalue weighted by molar-refractivity contribution is 6.30. The molecule has 0 aliphatic rings. The Morgan fingerprint density at radius 3 is 2.48 bits per heavy atom. The maximum absolute atomic E-state index is 13.8. The van der Waals surface area contributed by atoms with E-state index in [1.54, 1.807) is 13.0 Å². The number of aromatic nitrogens is 2. The van der Waals surface area contributed by atoms with Crippen LogP contribution >= 0.6 is 11.6 Å². The van der Waals surface area contributed by atoms with Crippen molar-refractivity contribution in [3.8, 4) is 0 Å². The van der Waals surface area contributed by atoms with Crippen LogP contribution in [0.25, 0.3) is 0 Å². The molecule has 0 aliphatic heterocycles. The summed E-state index contributed by atoms with van der Waals surface area (Å²) >= 11 is 5.87. The van der Waals surface area contributed by atoms with Crippen LogP contribution in [0.15, 0.2) is 48.5 Å². The van der Waals surface area contributed by atoms with Gasteiger partial charge in [-0.25, -0.2) is 13.8 Å². The lowest BCUT2D eigenvalue weighted by atomic mass is 10.2. The summed E-state index contributed by atoms with van der Waals surface area (Å²) in [5, 5.41) is 6.62. The molecule has 4 nitrogen and oxygen atoms in total. The summed E-state index contributed by atoms with van der Waals surface area (Å²) in [6.45, 7) is 2.36. The minimum Gasteiger partial charge on any atom is -0.366 e. The molecule has 0 aliphatic carbocycles. The number of benzene rings is 2. The van der Waals surface area contributed by atoms with Crippen LogP contribution in [0.2, 0.25) is 5.02 Å². The highest BCUT2D eigenvalue weighted by Crippen LogP contribution is 2.20. The molecule has 0 spiro atoms. The van der Waals surface area contributed by atoms with E-state index < -0.39 is 11.6 Å². The lowest BCUT2D eigenvalue weighted by Crippen LogP contribution is -2.06. The molecule has 0 bridgehead atoms. The van der Waals surface area contributed by atoms with Crippen molar-refractivity contribution in [1.29, 1.82) is 0 Å². The van der Waals surface area contributed by atoms with E-state index in [9.17, 15) is 8.78 Å². The van der Waals surface area contributed by atoms with Crippen LogP contribution in [0.1, 0.15) is 11.3 Å². The third-order valence-corrected chi connectivity index (χ3v) is 3.67. The van der Waals surface area contributed by atoms with E-state index in [4.69, 9.17) is 11.6 Å². The molecular weight excluding hydrogens is 346 g/mol. The summed E-state index contributed by atoms with van der Waals surface area (Å²) in [6, 6.07) is 12.5. The first kappa shape index (κ1) is 17.1. The highest BCUT2D eigenvalue weighted by atomic mass is 35.5. The van der Waals surface area contributed by atoms with Gasteiger partial charge in [0.1, 0.15) is 17.5 Å². The Labute approximate surface area is 148 Å². The van der Waals surface area contributed by atoms with Gasteiger partial charge in [0.05, 0.1) is 5.69 Å². The molecule has 0 saturated heterocycles. The molecule has 2 aromatic carbocycles. The molecular formula is C18H15ClF2N4. The number of halogens is 3. The molecule has 0 radical (unpaired) electrons. The van der Waals surface area contributed by atoms with Gasteiger partial charge < -0.3 is 10.6 Å². The SMILES string of the molecule is Cc1cc(NCc2ccc(Cl)cc2)nc(Nc2ccc(F)cc2F)n1. The fourth-order valence-electron chi connectivity index (χ4n) is 2.22. The Morgan fingerprint density at radius 2 is 1.76 bits per heavy atom. The van der Waals surface area contributed by atoms with Gasteiger partial charge in [-0.2, -0.15) is 4.98 Å². The van der Waals surface area contributed by atoms with Crippen molar-refractivity contribution in [1.82, 2.24) is 9.97 Å². The van der Waals surface area contributed by atoms with Crippen LogP contribution in [0.3, 0.4) is 0 Å². The number of anilines is 3. The lowest BCUT2D eigenvalue weighted by molar-refractivity contribution is 0.586. The van der Waals surface area contributed by atoms with Crippen molar-refractivity contribution in [3.63, 3.8) is 0 Å². The number of nitrogens with zero attached hydrogens (tertiary/aromatic N) is 2. The zero-order valence-electron chi connectivity index (χ0n) is 13.4. The van der Waals surface area contributed by atoms with Crippen molar-refractivity contribution in [2.45, 2.75) is 13.5 Å². The Hall–Kier alpha value is -2.73. The summed E-state index contributed by atoms with van der Waals surface area (Å²) in [6.07, 6.45) is 0. The van der Waals surface area contributed by atoms with Crippen LogP contribution in [-0.2, 0) is 6.54 Å². The number of rotatable bonds is 5. The van der Waals surface area contributed by atoms with Crippen molar-refractivity contribution >= 4 is 29.1 Å². The minimum atomic E-state index is -0.708. The zero-order chi connectivity index (χ0) is 17.8. The number of nitrogens with one attached hydrogen (secondary N) is 2. The first-order valence-corrected chi connectivity index (χ1v) is 7.93. The van der Waals surface area contributed by atoms with Crippen molar-refractivity contribution in [3.05, 3.63) is 76.4 Å². The quantitative estimate of drug-likeness (QED) is 0.666. The normalized spacial score (nSPS) is 10.6. The summed E-state index contributed by atoms with van der Waals surface area (Å²) in [5.74, 6) is -0.532. The number of hydrogen-bond acceptors (Lipinski definition) is 4. The van der Waals surface area contributed by atoms with E-state index in [1.165, 1.54) is 12.1 Å². The topological polar surface area (TPSA) is 49.8 Å². The van der Waals surface area contributed by atoms with Crippen LogP contribution < -0.4 is 10.6 Å². The zero-order valence-corrected chi connectivity index (χ0v) is 14.1. The fraction of sp³-hybridized carbons (Fsp3) is 0.111. The number of hydrogen-bond donors (Lipinski definition) is 2. The first-order valence-electron chi connectivity index (χ1n) is 7.56. The Morgan fingerprint density at radius 1 is 1.00 bits per heavy atom. The van der Waals surface area contributed by atoms with Gasteiger partial charge >= 0.3 is 0 Å². The summed E-state index contributed by atoms with van der Waals surface area (Å²) < 4.78 is 26.7. The van der Waals surface area contributed by atoms with Gasteiger partial charge in [0.25, 0.3) is 0 Å². The summed E-state index contributed by atoms with van der Waals surface area (Å²) in [7, 11) is 0. The Balaban J connectivity index is 1.74. The molecule has 0 fully saturated rings. The largest absolute Gasteiger partial charge is 0.366 e. The van der Waals surface area contributed by atoms with Gasteiger partial charge in [0.2, 0.25) is 5.95 Å².